The maximum atomic E-state index is 11.9. The molecule has 0 saturated carbocycles. The summed E-state index contributed by atoms with van der Waals surface area (Å²) in [5.74, 6) is -2.48. The summed E-state index contributed by atoms with van der Waals surface area (Å²) < 4.78 is 4.83. The minimum absolute atomic E-state index is 0.365. The van der Waals surface area contributed by atoms with Crippen LogP contribution in [0, 0.1) is 0 Å². The zero-order valence-electron chi connectivity index (χ0n) is 15.8. The first kappa shape index (κ1) is 21.4. The van der Waals surface area contributed by atoms with Crippen LogP contribution in [-0.2, 0) is 19.1 Å². The number of rotatable bonds is 7. The van der Waals surface area contributed by atoms with Gasteiger partial charge in [-0.15, -0.1) is 0 Å². The van der Waals surface area contributed by atoms with Gasteiger partial charge in [-0.3, -0.25) is 25.2 Å². The van der Waals surface area contributed by atoms with Crippen molar-refractivity contribution in [3.63, 3.8) is 0 Å². The molecule has 0 spiro atoms. The standard InChI is InChI=1S/C21H21N3O5/c1-15(22-18(25)13-12-16-8-4-2-5-9-16)21(28)29-14-19(26)23-24-20(27)17-10-6-3-7-11-17/h2-13,15H,14H2,1H3,(H,22,25)(H,23,26)(H,24,27)/b13-12+/t15-/m0/s1. The third kappa shape index (κ3) is 7.67. The minimum Gasteiger partial charge on any atom is -0.454 e. The zero-order chi connectivity index (χ0) is 21.1. The maximum Gasteiger partial charge on any atom is 0.328 e. The van der Waals surface area contributed by atoms with Gasteiger partial charge in [0.1, 0.15) is 6.04 Å². The van der Waals surface area contributed by atoms with E-state index in [0.29, 0.717) is 5.56 Å². The van der Waals surface area contributed by atoms with Crippen molar-refractivity contribution in [2.45, 2.75) is 13.0 Å². The van der Waals surface area contributed by atoms with Crippen molar-refractivity contribution in [1.82, 2.24) is 16.2 Å². The lowest BCUT2D eigenvalue weighted by Crippen LogP contribution is -2.45. The average Bonchev–Trinajstić information content (AvgIpc) is 2.75. The number of esters is 1. The van der Waals surface area contributed by atoms with Crippen molar-refractivity contribution < 1.29 is 23.9 Å². The fourth-order valence-corrected chi connectivity index (χ4v) is 2.14. The summed E-state index contributed by atoms with van der Waals surface area (Å²) in [6.07, 6.45) is 2.90. The highest BCUT2D eigenvalue weighted by atomic mass is 16.5. The van der Waals surface area contributed by atoms with Gasteiger partial charge in [-0.2, -0.15) is 0 Å². The van der Waals surface area contributed by atoms with Gasteiger partial charge in [0.2, 0.25) is 5.91 Å². The lowest BCUT2D eigenvalue weighted by atomic mass is 10.2. The molecule has 29 heavy (non-hydrogen) atoms. The van der Waals surface area contributed by atoms with Gasteiger partial charge in [-0.05, 0) is 30.7 Å². The molecule has 150 valence electrons. The second-order valence-corrected chi connectivity index (χ2v) is 5.95. The van der Waals surface area contributed by atoms with E-state index in [9.17, 15) is 19.2 Å². The van der Waals surface area contributed by atoms with Crippen molar-refractivity contribution in [1.29, 1.82) is 0 Å². The summed E-state index contributed by atoms with van der Waals surface area (Å²) in [7, 11) is 0. The molecule has 3 N–H and O–H groups in total. The van der Waals surface area contributed by atoms with Crippen molar-refractivity contribution in [2.75, 3.05) is 6.61 Å². The van der Waals surface area contributed by atoms with Crippen LogP contribution in [0.25, 0.3) is 6.08 Å². The number of hydrazine groups is 1. The summed E-state index contributed by atoms with van der Waals surface area (Å²) >= 11 is 0. The predicted molar refractivity (Wildman–Crippen MR) is 106 cm³/mol. The third-order valence-electron chi connectivity index (χ3n) is 3.64. The fourth-order valence-electron chi connectivity index (χ4n) is 2.14. The van der Waals surface area contributed by atoms with Crippen LogP contribution in [0.3, 0.4) is 0 Å². The quantitative estimate of drug-likeness (QED) is 0.370. The molecule has 0 bridgehead atoms. The molecule has 3 amide bonds. The molecule has 8 heteroatoms. The molecule has 2 rings (SSSR count). The lowest BCUT2D eigenvalue weighted by molar-refractivity contribution is -0.151. The van der Waals surface area contributed by atoms with Gasteiger partial charge >= 0.3 is 5.97 Å². The largest absolute Gasteiger partial charge is 0.454 e. The van der Waals surface area contributed by atoms with Crippen molar-refractivity contribution in [3.8, 4) is 0 Å². The fraction of sp³-hybridized carbons (Fsp3) is 0.143. The van der Waals surface area contributed by atoms with Crippen LogP contribution in [0.2, 0.25) is 0 Å². The summed E-state index contributed by atoms with van der Waals surface area (Å²) in [4.78, 5) is 47.2. The molecule has 0 unspecified atom stereocenters. The number of carbonyl (C=O) groups is 4. The zero-order valence-corrected chi connectivity index (χ0v) is 15.8. The summed E-state index contributed by atoms with van der Waals surface area (Å²) in [6, 6.07) is 16.5. The second-order valence-electron chi connectivity index (χ2n) is 5.95. The van der Waals surface area contributed by atoms with Crippen molar-refractivity contribution in [2.24, 2.45) is 0 Å². The Bertz CT molecular complexity index is 882. The molecular weight excluding hydrogens is 374 g/mol. The first-order valence-corrected chi connectivity index (χ1v) is 8.80. The molecule has 0 aromatic heterocycles. The molecule has 0 heterocycles. The second kappa shape index (κ2) is 11.0. The maximum absolute atomic E-state index is 11.9. The molecule has 0 saturated heterocycles. The van der Waals surface area contributed by atoms with Crippen LogP contribution in [-0.4, -0.2) is 36.3 Å². The molecule has 8 nitrogen and oxygen atoms in total. The highest BCUT2D eigenvalue weighted by molar-refractivity contribution is 5.96. The first-order chi connectivity index (χ1) is 14.0. The normalized spacial score (nSPS) is 11.3. The smallest absolute Gasteiger partial charge is 0.328 e. The van der Waals surface area contributed by atoms with E-state index in [4.69, 9.17) is 4.74 Å². The number of ether oxygens (including phenoxy) is 1. The summed E-state index contributed by atoms with van der Waals surface area (Å²) in [5.41, 5.74) is 5.55. The SMILES string of the molecule is C[C@H](NC(=O)/C=C/c1ccccc1)C(=O)OCC(=O)NNC(=O)c1ccccc1. The summed E-state index contributed by atoms with van der Waals surface area (Å²) in [5, 5.41) is 2.44. The van der Waals surface area contributed by atoms with Crippen LogP contribution in [0.4, 0.5) is 0 Å². The van der Waals surface area contributed by atoms with Crippen molar-refractivity contribution >= 4 is 29.8 Å². The Kier molecular flexibility index (Phi) is 8.12. The molecule has 0 aliphatic rings. The van der Waals surface area contributed by atoms with Crippen LogP contribution in [0.15, 0.2) is 66.7 Å². The van der Waals surface area contributed by atoms with Gasteiger partial charge in [-0.1, -0.05) is 48.5 Å². The van der Waals surface area contributed by atoms with Gasteiger partial charge in [0, 0.05) is 11.6 Å². The number of nitrogens with one attached hydrogen (secondary N) is 3. The van der Waals surface area contributed by atoms with Crippen LogP contribution >= 0.6 is 0 Å². The van der Waals surface area contributed by atoms with E-state index in [1.807, 2.05) is 30.3 Å². The predicted octanol–water partition coefficient (Wildman–Crippen LogP) is 1.21. The molecule has 0 aliphatic carbocycles. The van der Waals surface area contributed by atoms with E-state index in [0.717, 1.165) is 5.56 Å². The van der Waals surface area contributed by atoms with E-state index >= 15 is 0 Å². The molecular formula is C21H21N3O5. The Balaban J connectivity index is 1.69. The molecule has 1 atom stereocenters. The molecule has 0 radical (unpaired) electrons. The number of benzene rings is 2. The number of amides is 3. The molecule has 0 fully saturated rings. The third-order valence-corrected chi connectivity index (χ3v) is 3.64. The van der Waals surface area contributed by atoms with E-state index in [2.05, 4.69) is 16.2 Å². The van der Waals surface area contributed by atoms with Gasteiger partial charge in [0.15, 0.2) is 6.61 Å². The Morgan fingerprint density at radius 2 is 1.55 bits per heavy atom. The van der Waals surface area contributed by atoms with Crippen molar-refractivity contribution in [3.05, 3.63) is 77.9 Å². The van der Waals surface area contributed by atoms with Crippen LogP contribution < -0.4 is 16.2 Å². The van der Waals surface area contributed by atoms with Crippen LogP contribution in [0.5, 0.6) is 0 Å². The monoisotopic (exact) mass is 395 g/mol. The lowest BCUT2D eigenvalue weighted by Gasteiger charge is -2.12. The molecule has 2 aromatic rings. The average molecular weight is 395 g/mol. The van der Waals surface area contributed by atoms with E-state index in [1.54, 1.807) is 36.4 Å². The van der Waals surface area contributed by atoms with Gasteiger partial charge in [0.25, 0.3) is 11.8 Å². The Labute approximate surface area is 167 Å². The highest BCUT2D eigenvalue weighted by Crippen LogP contribution is 2.01. The van der Waals surface area contributed by atoms with Crippen LogP contribution in [0.1, 0.15) is 22.8 Å². The number of hydrogen-bond donors (Lipinski definition) is 3. The Morgan fingerprint density at radius 3 is 2.21 bits per heavy atom. The number of hydrogen-bond acceptors (Lipinski definition) is 5. The Morgan fingerprint density at radius 1 is 0.931 bits per heavy atom. The molecule has 0 aliphatic heterocycles. The highest BCUT2D eigenvalue weighted by Gasteiger charge is 2.17. The molecule has 2 aromatic carbocycles. The number of carbonyl (C=O) groups excluding carboxylic acids is 4. The minimum atomic E-state index is -0.949. The summed E-state index contributed by atoms with van der Waals surface area (Å²) in [6.45, 7) is 0.833. The van der Waals surface area contributed by atoms with Gasteiger partial charge in [0.05, 0.1) is 0 Å². The van der Waals surface area contributed by atoms with E-state index < -0.39 is 36.3 Å². The van der Waals surface area contributed by atoms with E-state index in [1.165, 1.54) is 13.0 Å². The van der Waals surface area contributed by atoms with E-state index in [-0.39, 0.29) is 0 Å². The first-order valence-electron chi connectivity index (χ1n) is 8.80. The van der Waals surface area contributed by atoms with Gasteiger partial charge < -0.3 is 10.1 Å². The Hall–Kier alpha value is -3.94. The van der Waals surface area contributed by atoms with Gasteiger partial charge in [-0.25, -0.2) is 4.79 Å². The topological polar surface area (TPSA) is 114 Å².